The summed E-state index contributed by atoms with van der Waals surface area (Å²) in [7, 11) is 0. The molecule has 19 heavy (non-hydrogen) atoms. The van der Waals surface area contributed by atoms with Crippen LogP contribution in [0.2, 0.25) is 0 Å². The minimum atomic E-state index is 0.0772. The maximum absolute atomic E-state index is 9.79. The molecular formula is C16H27NO2. The number of aromatic nitrogens is 1. The van der Waals surface area contributed by atoms with Crippen LogP contribution < -0.4 is 0 Å². The summed E-state index contributed by atoms with van der Waals surface area (Å²) in [6.45, 7) is 4.32. The van der Waals surface area contributed by atoms with Crippen molar-refractivity contribution in [1.29, 1.82) is 0 Å². The van der Waals surface area contributed by atoms with Gasteiger partial charge in [0.1, 0.15) is 0 Å². The first-order chi connectivity index (χ1) is 9.20. The fraction of sp³-hybridized carbons (Fsp3) is 0.625. The second-order valence-electron chi connectivity index (χ2n) is 5.07. The van der Waals surface area contributed by atoms with Crippen molar-refractivity contribution < 1.29 is 10.2 Å². The third-order valence-electron chi connectivity index (χ3n) is 3.39. The zero-order valence-corrected chi connectivity index (χ0v) is 12.2. The molecule has 0 aliphatic carbocycles. The van der Waals surface area contributed by atoms with E-state index in [1.807, 2.05) is 6.08 Å². The van der Waals surface area contributed by atoms with E-state index in [0.29, 0.717) is 0 Å². The van der Waals surface area contributed by atoms with Gasteiger partial charge in [-0.05, 0) is 25.7 Å². The van der Waals surface area contributed by atoms with Gasteiger partial charge in [-0.2, -0.15) is 0 Å². The lowest BCUT2D eigenvalue weighted by molar-refractivity contribution is 0.422. The second kappa shape index (κ2) is 8.68. The monoisotopic (exact) mass is 265 g/mol. The number of aromatic amines is 1. The Labute approximate surface area is 116 Å². The molecule has 0 amide bonds. The molecule has 3 nitrogen and oxygen atoms in total. The van der Waals surface area contributed by atoms with E-state index < -0.39 is 0 Å². The molecule has 3 N–H and O–H groups in total. The minimum absolute atomic E-state index is 0.0772. The van der Waals surface area contributed by atoms with Crippen LogP contribution >= 0.6 is 0 Å². The van der Waals surface area contributed by atoms with Gasteiger partial charge in [-0.1, -0.05) is 51.7 Å². The highest BCUT2D eigenvalue weighted by Gasteiger charge is 2.13. The summed E-state index contributed by atoms with van der Waals surface area (Å²) >= 11 is 0. The zero-order valence-electron chi connectivity index (χ0n) is 12.2. The first-order valence-electron chi connectivity index (χ1n) is 7.50. The predicted molar refractivity (Wildman–Crippen MR) is 80.5 cm³/mol. The van der Waals surface area contributed by atoms with Gasteiger partial charge in [0.2, 0.25) is 0 Å². The van der Waals surface area contributed by atoms with Gasteiger partial charge in [0, 0.05) is 11.1 Å². The summed E-state index contributed by atoms with van der Waals surface area (Å²) in [5.74, 6) is 0.185. The van der Waals surface area contributed by atoms with Crippen LogP contribution in [0.15, 0.2) is 6.08 Å². The maximum atomic E-state index is 9.79. The van der Waals surface area contributed by atoms with E-state index in [0.717, 1.165) is 36.8 Å². The molecule has 1 rings (SSSR count). The van der Waals surface area contributed by atoms with Gasteiger partial charge in [-0.3, -0.25) is 4.98 Å². The van der Waals surface area contributed by atoms with Crippen molar-refractivity contribution in [2.45, 2.75) is 65.2 Å². The normalized spacial score (nSPS) is 11.5. The average Bonchev–Trinajstić information content (AvgIpc) is 2.66. The number of rotatable bonds is 9. The molecule has 0 aliphatic rings. The third-order valence-corrected chi connectivity index (χ3v) is 3.39. The van der Waals surface area contributed by atoms with Crippen LogP contribution in [0.25, 0.3) is 6.08 Å². The molecule has 3 heteroatoms. The topological polar surface area (TPSA) is 56.2 Å². The molecule has 0 unspecified atom stereocenters. The highest BCUT2D eigenvalue weighted by Crippen LogP contribution is 2.31. The van der Waals surface area contributed by atoms with Crippen molar-refractivity contribution in [2.75, 3.05) is 0 Å². The summed E-state index contributed by atoms with van der Waals surface area (Å²) in [5.41, 5.74) is 1.59. The molecule has 0 bridgehead atoms. The van der Waals surface area contributed by atoms with Crippen LogP contribution in [0.5, 0.6) is 11.8 Å². The molecule has 0 fully saturated rings. The summed E-state index contributed by atoms with van der Waals surface area (Å²) in [4.78, 5) is 2.61. The number of unbranched alkanes of at least 4 members (excludes halogenated alkanes) is 5. The number of allylic oxidation sites excluding steroid dienone is 1. The van der Waals surface area contributed by atoms with Gasteiger partial charge in [0.05, 0.1) is 0 Å². The number of H-pyrrole nitrogens is 1. The molecule has 0 saturated carbocycles. The van der Waals surface area contributed by atoms with E-state index in [-0.39, 0.29) is 11.8 Å². The first kappa shape index (κ1) is 15.7. The predicted octanol–water partition coefficient (Wildman–Crippen LogP) is 4.75. The maximum Gasteiger partial charge on any atom is 0.198 e. The van der Waals surface area contributed by atoms with Crippen molar-refractivity contribution >= 4 is 6.08 Å². The van der Waals surface area contributed by atoms with Crippen molar-refractivity contribution in [3.8, 4) is 11.8 Å². The van der Waals surface area contributed by atoms with Crippen LogP contribution in [-0.4, -0.2) is 15.2 Å². The Balaban J connectivity index is 2.58. The Bertz CT molecular complexity index is 394. The molecule has 1 aromatic heterocycles. The van der Waals surface area contributed by atoms with Gasteiger partial charge in [-0.25, -0.2) is 0 Å². The first-order valence-corrected chi connectivity index (χ1v) is 7.50. The highest BCUT2D eigenvalue weighted by molar-refractivity contribution is 5.62. The highest BCUT2D eigenvalue weighted by atomic mass is 16.3. The van der Waals surface area contributed by atoms with E-state index in [2.05, 4.69) is 24.9 Å². The molecule has 0 spiro atoms. The standard InChI is InChI=1S/C16H27NO2/c1-3-5-7-8-9-10-12-14-13(11-6-4-2)15(18)17-16(14)19/h10,12,17-19H,3-9,11H2,1-2H3. The lowest BCUT2D eigenvalue weighted by Crippen LogP contribution is -1.85. The van der Waals surface area contributed by atoms with Crippen molar-refractivity contribution in [1.82, 2.24) is 4.98 Å². The summed E-state index contributed by atoms with van der Waals surface area (Å²) in [6.07, 6.45) is 12.9. The molecule has 0 saturated heterocycles. The quantitative estimate of drug-likeness (QED) is 0.564. The summed E-state index contributed by atoms with van der Waals surface area (Å²) in [5, 5.41) is 19.5. The number of hydrogen-bond acceptors (Lipinski definition) is 2. The number of hydrogen-bond donors (Lipinski definition) is 3. The van der Waals surface area contributed by atoms with Crippen LogP contribution in [-0.2, 0) is 6.42 Å². The van der Waals surface area contributed by atoms with Gasteiger partial charge in [-0.15, -0.1) is 0 Å². The molecule has 1 heterocycles. The molecule has 0 atom stereocenters. The zero-order chi connectivity index (χ0) is 14.1. The number of aromatic hydroxyl groups is 2. The van der Waals surface area contributed by atoms with Crippen LogP contribution in [0.1, 0.15) is 69.9 Å². The van der Waals surface area contributed by atoms with E-state index in [1.165, 1.54) is 25.7 Å². The van der Waals surface area contributed by atoms with Crippen molar-refractivity contribution in [2.24, 2.45) is 0 Å². The van der Waals surface area contributed by atoms with E-state index in [4.69, 9.17) is 0 Å². The third kappa shape index (κ3) is 5.01. The molecule has 1 aromatic rings. The van der Waals surface area contributed by atoms with Gasteiger partial charge in [0.25, 0.3) is 0 Å². The Morgan fingerprint density at radius 3 is 2.37 bits per heavy atom. The fourth-order valence-corrected chi connectivity index (χ4v) is 2.20. The van der Waals surface area contributed by atoms with Gasteiger partial charge in [0.15, 0.2) is 11.8 Å². The average molecular weight is 265 g/mol. The summed E-state index contributed by atoms with van der Waals surface area (Å²) in [6, 6.07) is 0. The van der Waals surface area contributed by atoms with Crippen LogP contribution in [0.4, 0.5) is 0 Å². The van der Waals surface area contributed by atoms with E-state index >= 15 is 0 Å². The Kier molecular flexibility index (Phi) is 7.16. The van der Waals surface area contributed by atoms with Crippen LogP contribution in [0.3, 0.4) is 0 Å². The Morgan fingerprint density at radius 2 is 1.68 bits per heavy atom. The van der Waals surface area contributed by atoms with E-state index in [1.54, 1.807) is 0 Å². The molecule has 0 aliphatic heterocycles. The lowest BCUT2D eigenvalue weighted by Gasteiger charge is -2.00. The number of nitrogens with one attached hydrogen (secondary N) is 1. The Hall–Kier alpha value is -1.38. The van der Waals surface area contributed by atoms with Crippen molar-refractivity contribution in [3.05, 3.63) is 17.2 Å². The Morgan fingerprint density at radius 1 is 0.947 bits per heavy atom. The molecule has 0 aromatic carbocycles. The van der Waals surface area contributed by atoms with Crippen molar-refractivity contribution in [3.63, 3.8) is 0 Å². The minimum Gasteiger partial charge on any atom is -0.494 e. The molecule has 108 valence electrons. The lowest BCUT2D eigenvalue weighted by atomic mass is 10.1. The van der Waals surface area contributed by atoms with Crippen LogP contribution in [0, 0.1) is 0 Å². The second-order valence-corrected chi connectivity index (χ2v) is 5.07. The molecular weight excluding hydrogens is 238 g/mol. The summed E-state index contributed by atoms with van der Waals surface area (Å²) < 4.78 is 0. The van der Waals surface area contributed by atoms with E-state index in [9.17, 15) is 10.2 Å². The van der Waals surface area contributed by atoms with Gasteiger partial charge >= 0.3 is 0 Å². The molecule has 0 radical (unpaired) electrons. The SMILES string of the molecule is CCCCCCC=Cc1c(O)[nH]c(O)c1CCCC. The smallest absolute Gasteiger partial charge is 0.198 e. The fourth-order valence-electron chi connectivity index (χ4n) is 2.20. The largest absolute Gasteiger partial charge is 0.494 e. The van der Waals surface area contributed by atoms with Gasteiger partial charge < -0.3 is 10.2 Å².